The molecule has 7 nitrogen and oxygen atoms in total. The maximum absolute atomic E-state index is 13.2. The number of carbonyl (C=O) groups is 1. The Bertz CT molecular complexity index is 1140. The lowest BCUT2D eigenvalue weighted by Crippen LogP contribution is -2.42. The zero-order valence-corrected chi connectivity index (χ0v) is 19.2. The van der Waals surface area contributed by atoms with Crippen LogP contribution < -0.4 is 10.2 Å². The molecule has 2 aliphatic heterocycles. The Hall–Kier alpha value is -3.45. The lowest BCUT2D eigenvalue weighted by molar-refractivity contribution is 0.122. The maximum atomic E-state index is 13.2. The van der Waals surface area contributed by atoms with Gasteiger partial charge in [0, 0.05) is 42.9 Å². The number of ether oxygens (including phenoxy) is 1. The van der Waals surface area contributed by atoms with Crippen molar-refractivity contribution in [2.75, 3.05) is 43.1 Å². The molecule has 1 N–H and O–H groups in total. The standard InChI is InChI=1S/C26H29N5O2/c1-18-7-6-8-19(2)23(18)28-26(32)31-12-11-22-21(17-31)25(30-13-15-33-16-14-30)29-24(27-22)20-9-4-3-5-10-20/h3-10H,11-17H2,1-2H3,(H,28,32). The van der Waals surface area contributed by atoms with Gasteiger partial charge in [0.2, 0.25) is 0 Å². The highest BCUT2D eigenvalue weighted by atomic mass is 16.5. The monoisotopic (exact) mass is 443 g/mol. The number of hydrogen-bond acceptors (Lipinski definition) is 5. The number of fused-ring (bicyclic) bond motifs is 1. The quantitative estimate of drug-likeness (QED) is 0.657. The van der Waals surface area contributed by atoms with Crippen molar-refractivity contribution in [3.63, 3.8) is 0 Å². The summed E-state index contributed by atoms with van der Waals surface area (Å²) in [6.07, 6.45) is 0.704. The van der Waals surface area contributed by atoms with Gasteiger partial charge in [0.05, 0.1) is 25.5 Å². The summed E-state index contributed by atoms with van der Waals surface area (Å²) in [5.41, 5.74) is 6.08. The number of urea groups is 1. The third-order valence-corrected chi connectivity index (χ3v) is 6.38. The van der Waals surface area contributed by atoms with Gasteiger partial charge < -0.3 is 19.9 Å². The number of para-hydroxylation sites is 1. The number of rotatable bonds is 3. The second kappa shape index (κ2) is 9.19. The molecule has 3 aromatic rings. The van der Waals surface area contributed by atoms with E-state index in [9.17, 15) is 4.79 Å². The normalized spacial score (nSPS) is 15.8. The van der Waals surface area contributed by atoms with Gasteiger partial charge in [0.15, 0.2) is 5.82 Å². The van der Waals surface area contributed by atoms with E-state index in [1.807, 2.05) is 67.3 Å². The first-order chi connectivity index (χ1) is 16.1. The van der Waals surface area contributed by atoms with Gasteiger partial charge in [-0.25, -0.2) is 14.8 Å². The van der Waals surface area contributed by atoms with Crippen molar-refractivity contribution in [2.45, 2.75) is 26.8 Å². The van der Waals surface area contributed by atoms with Crippen LogP contribution in [-0.2, 0) is 17.7 Å². The molecule has 5 rings (SSSR count). The van der Waals surface area contributed by atoms with E-state index in [1.165, 1.54) is 0 Å². The largest absolute Gasteiger partial charge is 0.378 e. The molecule has 1 saturated heterocycles. The van der Waals surface area contributed by atoms with Crippen LogP contribution in [0, 0.1) is 13.8 Å². The summed E-state index contributed by atoms with van der Waals surface area (Å²) < 4.78 is 5.57. The number of hydrogen-bond donors (Lipinski definition) is 1. The highest BCUT2D eigenvalue weighted by molar-refractivity contribution is 5.91. The summed E-state index contributed by atoms with van der Waals surface area (Å²) in [5, 5.41) is 3.13. The maximum Gasteiger partial charge on any atom is 0.322 e. The van der Waals surface area contributed by atoms with Crippen molar-refractivity contribution >= 4 is 17.5 Å². The Morgan fingerprint density at radius 1 is 0.939 bits per heavy atom. The molecule has 2 aliphatic rings. The summed E-state index contributed by atoms with van der Waals surface area (Å²) in [6, 6.07) is 16.0. The molecule has 1 aromatic heterocycles. The Balaban J connectivity index is 1.46. The van der Waals surface area contributed by atoms with Crippen LogP contribution in [0.1, 0.15) is 22.4 Å². The molecule has 0 atom stereocenters. The molecule has 170 valence electrons. The highest BCUT2D eigenvalue weighted by Gasteiger charge is 2.29. The molecule has 2 amide bonds. The summed E-state index contributed by atoms with van der Waals surface area (Å²) in [4.78, 5) is 27.2. The molecule has 0 spiro atoms. The lowest BCUT2D eigenvalue weighted by Gasteiger charge is -2.34. The summed E-state index contributed by atoms with van der Waals surface area (Å²) >= 11 is 0. The summed E-state index contributed by atoms with van der Waals surface area (Å²) in [6.45, 7) is 8.07. The molecule has 0 unspecified atom stereocenters. The van der Waals surface area contributed by atoms with E-state index < -0.39 is 0 Å². The molecular formula is C26H29N5O2. The predicted molar refractivity (Wildman–Crippen MR) is 130 cm³/mol. The second-order valence-electron chi connectivity index (χ2n) is 8.63. The third kappa shape index (κ3) is 4.41. The van der Waals surface area contributed by atoms with Crippen molar-refractivity contribution in [1.29, 1.82) is 0 Å². The zero-order chi connectivity index (χ0) is 22.8. The minimum absolute atomic E-state index is 0.0851. The van der Waals surface area contributed by atoms with E-state index in [0.29, 0.717) is 32.7 Å². The van der Waals surface area contributed by atoms with Gasteiger partial charge in [-0.15, -0.1) is 0 Å². The van der Waals surface area contributed by atoms with Crippen LogP contribution in [0.4, 0.5) is 16.3 Å². The topological polar surface area (TPSA) is 70.6 Å². The Morgan fingerprint density at radius 2 is 1.67 bits per heavy atom. The average Bonchev–Trinajstić information content (AvgIpc) is 2.86. The zero-order valence-electron chi connectivity index (χ0n) is 19.2. The molecule has 0 radical (unpaired) electrons. The van der Waals surface area contributed by atoms with Crippen LogP contribution in [0.25, 0.3) is 11.4 Å². The molecule has 33 heavy (non-hydrogen) atoms. The number of nitrogens with one attached hydrogen (secondary N) is 1. The van der Waals surface area contributed by atoms with Crippen molar-refractivity contribution < 1.29 is 9.53 Å². The Labute approximate surface area is 194 Å². The highest BCUT2D eigenvalue weighted by Crippen LogP contribution is 2.31. The van der Waals surface area contributed by atoms with Gasteiger partial charge in [-0.2, -0.15) is 0 Å². The first-order valence-corrected chi connectivity index (χ1v) is 11.5. The first-order valence-electron chi connectivity index (χ1n) is 11.5. The van der Waals surface area contributed by atoms with Crippen molar-refractivity contribution in [3.05, 3.63) is 70.9 Å². The number of benzene rings is 2. The van der Waals surface area contributed by atoms with Crippen LogP contribution in [0.15, 0.2) is 48.5 Å². The van der Waals surface area contributed by atoms with E-state index in [4.69, 9.17) is 14.7 Å². The molecule has 0 bridgehead atoms. The van der Waals surface area contributed by atoms with E-state index in [2.05, 4.69) is 10.2 Å². The number of nitrogens with zero attached hydrogens (tertiary/aromatic N) is 4. The first kappa shape index (κ1) is 21.4. The number of morpholine rings is 1. The number of carbonyl (C=O) groups excluding carboxylic acids is 1. The molecule has 1 fully saturated rings. The molecule has 3 heterocycles. The van der Waals surface area contributed by atoms with E-state index in [0.717, 1.165) is 58.4 Å². The van der Waals surface area contributed by atoms with Crippen molar-refractivity contribution in [3.8, 4) is 11.4 Å². The van der Waals surface area contributed by atoms with Gasteiger partial charge in [0.1, 0.15) is 5.82 Å². The van der Waals surface area contributed by atoms with Crippen LogP contribution in [0.5, 0.6) is 0 Å². The van der Waals surface area contributed by atoms with Crippen LogP contribution in [0.3, 0.4) is 0 Å². The molecule has 0 aliphatic carbocycles. The minimum Gasteiger partial charge on any atom is -0.378 e. The molecule has 2 aromatic carbocycles. The molecule has 7 heteroatoms. The van der Waals surface area contributed by atoms with Gasteiger partial charge >= 0.3 is 6.03 Å². The molecular weight excluding hydrogens is 414 g/mol. The average molecular weight is 444 g/mol. The van der Waals surface area contributed by atoms with E-state index in [-0.39, 0.29) is 6.03 Å². The fraction of sp³-hybridized carbons (Fsp3) is 0.346. The van der Waals surface area contributed by atoms with E-state index >= 15 is 0 Å². The fourth-order valence-electron chi connectivity index (χ4n) is 4.52. The third-order valence-electron chi connectivity index (χ3n) is 6.38. The van der Waals surface area contributed by atoms with Crippen molar-refractivity contribution in [1.82, 2.24) is 14.9 Å². The smallest absolute Gasteiger partial charge is 0.322 e. The van der Waals surface area contributed by atoms with Gasteiger partial charge in [-0.1, -0.05) is 48.5 Å². The second-order valence-corrected chi connectivity index (χ2v) is 8.63. The SMILES string of the molecule is Cc1cccc(C)c1NC(=O)N1CCc2nc(-c3ccccc3)nc(N3CCOCC3)c2C1. The van der Waals surface area contributed by atoms with Gasteiger partial charge in [-0.3, -0.25) is 0 Å². The van der Waals surface area contributed by atoms with Gasteiger partial charge in [0.25, 0.3) is 0 Å². The lowest BCUT2D eigenvalue weighted by atomic mass is 10.0. The summed E-state index contributed by atoms with van der Waals surface area (Å²) in [5.74, 6) is 1.66. The Morgan fingerprint density at radius 3 is 2.39 bits per heavy atom. The van der Waals surface area contributed by atoms with Crippen LogP contribution >= 0.6 is 0 Å². The number of anilines is 2. The fourth-order valence-corrected chi connectivity index (χ4v) is 4.52. The Kier molecular flexibility index (Phi) is 5.96. The van der Waals surface area contributed by atoms with Crippen LogP contribution in [0.2, 0.25) is 0 Å². The number of aromatic nitrogens is 2. The number of amides is 2. The van der Waals surface area contributed by atoms with Crippen molar-refractivity contribution in [2.24, 2.45) is 0 Å². The van der Waals surface area contributed by atoms with Gasteiger partial charge in [-0.05, 0) is 25.0 Å². The number of aryl methyl sites for hydroxylation is 2. The molecule has 0 saturated carbocycles. The predicted octanol–water partition coefficient (Wildman–Crippen LogP) is 4.19. The minimum atomic E-state index is -0.0851. The summed E-state index contributed by atoms with van der Waals surface area (Å²) in [7, 11) is 0. The van der Waals surface area contributed by atoms with E-state index in [1.54, 1.807) is 0 Å². The van der Waals surface area contributed by atoms with Crippen LogP contribution in [-0.4, -0.2) is 53.7 Å².